The Bertz CT molecular complexity index is 537. The fourth-order valence-corrected chi connectivity index (χ4v) is 1.41. The second kappa shape index (κ2) is 5.37. The number of nitrogens with zero attached hydrogens (tertiary/aromatic N) is 1. The lowest BCUT2D eigenvalue weighted by atomic mass is 10.2. The van der Waals surface area contributed by atoms with Crippen molar-refractivity contribution in [1.29, 1.82) is 0 Å². The summed E-state index contributed by atoms with van der Waals surface area (Å²) in [7, 11) is 0. The topological polar surface area (TPSA) is 68.0 Å². The lowest BCUT2D eigenvalue weighted by Crippen LogP contribution is -2.13. The fraction of sp³-hybridized carbons (Fsp3) is 0.0769. The second-order valence-corrected chi connectivity index (χ2v) is 3.72. The maximum Gasteiger partial charge on any atom is 0.256 e. The Morgan fingerprint density at radius 3 is 2.50 bits per heavy atom. The molecule has 0 saturated carbocycles. The van der Waals surface area contributed by atoms with Crippen molar-refractivity contribution in [1.82, 2.24) is 4.98 Å². The van der Waals surface area contributed by atoms with Crippen molar-refractivity contribution in [3.8, 4) is 0 Å². The van der Waals surface area contributed by atoms with Gasteiger partial charge in [0.2, 0.25) is 0 Å². The minimum atomic E-state index is -0.378. The molecule has 18 heavy (non-hydrogen) atoms. The van der Waals surface area contributed by atoms with Crippen molar-refractivity contribution in [2.45, 2.75) is 6.54 Å². The summed E-state index contributed by atoms with van der Waals surface area (Å²) in [5, 5.41) is 2.62. The van der Waals surface area contributed by atoms with E-state index in [0.717, 1.165) is 5.56 Å². The number of pyridine rings is 1. The predicted octanol–water partition coefficient (Wildman–Crippen LogP) is 1.93. The minimum absolute atomic E-state index is 0.331. The molecule has 0 spiro atoms. The number of anilines is 1. The molecule has 2 aromatic rings. The molecule has 0 atom stereocenters. The zero-order valence-corrected chi connectivity index (χ0v) is 9.56. The lowest BCUT2D eigenvalue weighted by molar-refractivity contribution is 0.102. The van der Waals surface area contributed by atoms with E-state index in [1.807, 2.05) is 0 Å². The number of nitrogens with one attached hydrogen (secondary N) is 1. The largest absolute Gasteiger partial charge is 0.326 e. The van der Waals surface area contributed by atoms with E-state index in [0.29, 0.717) is 17.9 Å². The SMILES string of the molecule is NCc1ccc(NC(=O)c2ccc(F)cc2)nc1. The van der Waals surface area contributed by atoms with Gasteiger partial charge in [-0.1, -0.05) is 6.07 Å². The molecule has 0 unspecified atom stereocenters. The molecule has 0 bridgehead atoms. The van der Waals surface area contributed by atoms with E-state index in [1.165, 1.54) is 24.3 Å². The zero-order chi connectivity index (χ0) is 13.0. The standard InChI is InChI=1S/C13H12FN3O/c14-11-4-2-10(3-5-11)13(18)17-12-6-1-9(7-15)8-16-12/h1-6,8H,7,15H2,(H,16,17,18). The number of carbonyl (C=O) groups is 1. The van der Waals surface area contributed by atoms with Crippen LogP contribution in [0.3, 0.4) is 0 Å². The maximum atomic E-state index is 12.7. The van der Waals surface area contributed by atoms with E-state index >= 15 is 0 Å². The lowest BCUT2D eigenvalue weighted by Gasteiger charge is -2.05. The molecular formula is C13H12FN3O. The highest BCUT2D eigenvalue weighted by Gasteiger charge is 2.06. The number of aromatic nitrogens is 1. The van der Waals surface area contributed by atoms with Gasteiger partial charge in [-0.3, -0.25) is 4.79 Å². The molecule has 1 amide bonds. The number of benzene rings is 1. The Labute approximate surface area is 104 Å². The van der Waals surface area contributed by atoms with Crippen LogP contribution in [-0.2, 0) is 6.54 Å². The van der Waals surface area contributed by atoms with Crippen LogP contribution in [0, 0.1) is 5.82 Å². The number of rotatable bonds is 3. The van der Waals surface area contributed by atoms with Crippen LogP contribution in [0.25, 0.3) is 0 Å². The van der Waals surface area contributed by atoms with Gasteiger partial charge in [-0.15, -0.1) is 0 Å². The van der Waals surface area contributed by atoms with Crippen LogP contribution in [0.2, 0.25) is 0 Å². The summed E-state index contributed by atoms with van der Waals surface area (Å²) >= 11 is 0. The molecule has 2 rings (SSSR count). The van der Waals surface area contributed by atoms with Gasteiger partial charge in [-0.2, -0.15) is 0 Å². The first-order valence-electron chi connectivity index (χ1n) is 5.41. The van der Waals surface area contributed by atoms with Gasteiger partial charge in [0.25, 0.3) is 5.91 Å². The summed E-state index contributed by atoms with van der Waals surface area (Å²) in [5.74, 6) is -0.276. The van der Waals surface area contributed by atoms with Crippen LogP contribution in [0.1, 0.15) is 15.9 Å². The number of nitrogens with two attached hydrogens (primary N) is 1. The summed E-state index contributed by atoms with van der Waals surface area (Å²) in [6.45, 7) is 0.402. The fourth-order valence-electron chi connectivity index (χ4n) is 1.41. The van der Waals surface area contributed by atoms with Gasteiger partial charge >= 0.3 is 0 Å². The van der Waals surface area contributed by atoms with Crippen molar-refractivity contribution in [2.75, 3.05) is 5.32 Å². The molecule has 5 heteroatoms. The van der Waals surface area contributed by atoms with Crippen LogP contribution in [0.5, 0.6) is 0 Å². The van der Waals surface area contributed by atoms with E-state index < -0.39 is 0 Å². The van der Waals surface area contributed by atoms with Crippen LogP contribution in [-0.4, -0.2) is 10.9 Å². The average Bonchev–Trinajstić information content (AvgIpc) is 2.40. The van der Waals surface area contributed by atoms with E-state index in [-0.39, 0.29) is 11.7 Å². The van der Waals surface area contributed by atoms with E-state index in [2.05, 4.69) is 10.3 Å². The second-order valence-electron chi connectivity index (χ2n) is 3.72. The Balaban J connectivity index is 2.08. The number of amides is 1. The van der Waals surface area contributed by atoms with Gasteiger partial charge in [0.1, 0.15) is 11.6 Å². The maximum absolute atomic E-state index is 12.7. The van der Waals surface area contributed by atoms with Gasteiger partial charge in [0.15, 0.2) is 0 Å². The Morgan fingerprint density at radius 2 is 1.94 bits per heavy atom. The molecule has 3 N–H and O–H groups in total. The highest BCUT2D eigenvalue weighted by molar-refractivity contribution is 6.03. The summed E-state index contributed by atoms with van der Waals surface area (Å²) in [4.78, 5) is 15.8. The number of halogens is 1. The summed E-state index contributed by atoms with van der Waals surface area (Å²) in [6.07, 6.45) is 1.60. The molecule has 0 radical (unpaired) electrons. The van der Waals surface area contributed by atoms with E-state index in [9.17, 15) is 9.18 Å². The van der Waals surface area contributed by atoms with Gasteiger partial charge < -0.3 is 11.1 Å². The molecule has 0 aliphatic rings. The number of carbonyl (C=O) groups excluding carboxylic acids is 1. The van der Waals surface area contributed by atoms with Crippen LogP contribution >= 0.6 is 0 Å². The van der Waals surface area contributed by atoms with Gasteiger partial charge in [-0.05, 0) is 35.9 Å². The van der Waals surface area contributed by atoms with Crippen LogP contribution in [0.4, 0.5) is 10.2 Å². The first-order valence-corrected chi connectivity index (χ1v) is 5.41. The van der Waals surface area contributed by atoms with Crippen LogP contribution < -0.4 is 11.1 Å². The van der Waals surface area contributed by atoms with Crippen molar-refractivity contribution < 1.29 is 9.18 Å². The van der Waals surface area contributed by atoms with Gasteiger partial charge in [0.05, 0.1) is 0 Å². The molecule has 0 aliphatic carbocycles. The molecule has 92 valence electrons. The van der Waals surface area contributed by atoms with Crippen LogP contribution in [0.15, 0.2) is 42.6 Å². The summed E-state index contributed by atoms with van der Waals surface area (Å²) < 4.78 is 12.7. The molecule has 0 fully saturated rings. The Hall–Kier alpha value is -2.27. The third kappa shape index (κ3) is 2.89. The molecule has 1 aromatic carbocycles. The normalized spacial score (nSPS) is 10.1. The number of hydrogen-bond acceptors (Lipinski definition) is 3. The molecule has 0 aliphatic heterocycles. The molecular weight excluding hydrogens is 233 g/mol. The van der Waals surface area contributed by atoms with Gasteiger partial charge in [-0.25, -0.2) is 9.37 Å². The summed E-state index contributed by atoms with van der Waals surface area (Å²) in [5.41, 5.74) is 6.70. The molecule has 0 saturated heterocycles. The van der Waals surface area contributed by atoms with Crippen molar-refractivity contribution in [3.63, 3.8) is 0 Å². The smallest absolute Gasteiger partial charge is 0.256 e. The van der Waals surface area contributed by atoms with Crippen molar-refractivity contribution >= 4 is 11.7 Å². The highest BCUT2D eigenvalue weighted by Crippen LogP contribution is 2.08. The third-order valence-electron chi connectivity index (χ3n) is 2.41. The first-order chi connectivity index (χ1) is 8.69. The van der Waals surface area contributed by atoms with E-state index in [1.54, 1.807) is 18.3 Å². The quantitative estimate of drug-likeness (QED) is 0.868. The minimum Gasteiger partial charge on any atom is -0.326 e. The molecule has 4 nitrogen and oxygen atoms in total. The van der Waals surface area contributed by atoms with E-state index in [4.69, 9.17) is 5.73 Å². The van der Waals surface area contributed by atoms with Gasteiger partial charge in [0, 0.05) is 18.3 Å². The predicted molar refractivity (Wildman–Crippen MR) is 66.5 cm³/mol. The Morgan fingerprint density at radius 1 is 1.22 bits per heavy atom. The average molecular weight is 245 g/mol. The third-order valence-corrected chi connectivity index (χ3v) is 2.41. The first kappa shape index (κ1) is 12.2. The molecule has 1 heterocycles. The van der Waals surface area contributed by atoms with Crippen molar-refractivity contribution in [3.05, 3.63) is 59.5 Å². The summed E-state index contributed by atoms with van der Waals surface area (Å²) in [6, 6.07) is 8.76. The zero-order valence-electron chi connectivity index (χ0n) is 9.56. The monoisotopic (exact) mass is 245 g/mol. The highest BCUT2D eigenvalue weighted by atomic mass is 19.1. The molecule has 1 aromatic heterocycles. The number of hydrogen-bond donors (Lipinski definition) is 2. The van der Waals surface area contributed by atoms with Crippen molar-refractivity contribution in [2.24, 2.45) is 5.73 Å². The Kier molecular flexibility index (Phi) is 3.64.